The molecule has 0 atom stereocenters. The van der Waals surface area contributed by atoms with Crippen LogP contribution >= 0.6 is 0 Å². The summed E-state index contributed by atoms with van der Waals surface area (Å²) >= 11 is 0. The number of hydrogen-bond acceptors (Lipinski definition) is 4. The van der Waals surface area contributed by atoms with E-state index in [1.54, 1.807) is 12.4 Å². The summed E-state index contributed by atoms with van der Waals surface area (Å²) in [5, 5.41) is 0.957. The Kier molecular flexibility index (Phi) is 4.59. The van der Waals surface area contributed by atoms with Gasteiger partial charge in [0.15, 0.2) is 0 Å². The van der Waals surface area contributed by atoms with Gasteiger partial charge in [0.25, 0.3) is 0 Å². The lowest BCUT2D eigenvalue weighted by molar-refractivity contribution is 0.348. The van der Waals surface area contributed by atoms with Crippen LogP contribution in [-0.4, -0.2) is 23.1 Å². The van der Waals surface area contributed by atoms with Gasteiger partial charge in [0, 0.05) is 35.5 Å². The molecule has 4 nitrogen and oxygen atoms in total. The zero-order chi connectivity index (χ0) is 16.1. The zero-order valence-electron chi connectivity index (χ0n) is 12.4. The number of ether oxygens (including phenoxy) is 1. The van der Waals surface area contributed by atoms with E-state index < -0.39 is 0 Å². The largest absolute Gasteiger partial charge is 0.489 e. The lowest BCUT2D eigenvalue weighted by atomic mass is 10.1. The Balaban J connectivity index is 1.84. The number of rotatable bonds is 5. The molecular formula is C18H16FN3O. The number of pyridine rings is 2. The van der Waals surface area contributed by atoms with E-state index in [1.165, 1.54) is 0 Å². The van der Waals surface area contributed by atoms with Gasteiger partial charge in [-0.1, -0.05) is 6.07 Å². The average molecular weight is 309 g/mol. The monoisotopic (exact) mass is 309 g/mol. The van der Waals surface area contributed by atoms with E-state index in [1.807, 2.05) is 42.5 Å². The molecule has 0 amide bonds. The number of benzene rings is 1. The molecule has 0 radical (unpaired) electrons. The van der Waals surface area contributed by atoms with Crippen molar-refractivity contribution in [1.82, 2.24) is 9.97 Å². The fraction of sp³-hybridized carbons (Fsp3) is 0.111. The highest BCUT2D eigenvalue weighted by molar-refractivity contribution is 5.82. The predicted molar refractivity (Wildman–Crippen MR) is 88.7 cm³/mol. The SMILES string of the molecule is NC/C(=C/F)COc1ccc2nc(-c3ccncc3)ccc2c1. The lowest BCUT2D eigenvalue weighted by Gasteiger charge is -2.09. The van der Waals surface area contributed by atoms with Gasteiger partial charge in [0.2, 0.25) is 0 Å². The van der Waals surface area contributed by atoms with Crippen molar-refractivity contribution in [3.05, 3.63) is 66.8 Å². The third-order valence-electron chi connectivity index (χ3n) is 3.48. The highest BCUT2D eigenvalue weighted by atomic mass is 19.1. The first kappa shape index (κ1) is 15.1. The van der Waals surface area contributed by atoms with Gasteiger partial charge >= 0.3 is 0 Å². The molecule has 2 aromatic heterocycles. The third kappa shape index (κ3) is 3.52. The molecule has 116 valence electrons. The second kappa shape index (κ2) is 6.98. The molecule has 0 aliphatic carbocycles. The van der Waals surface area contributed by atoms with E-state index in [9.17, 15) is 4.39 Å². The maximum Gasteiger partial charge on any atom is 0.120 e. The molecule has 1 aromatic carbocycles. The highest BCUT2D eigenvalue weighted by Gasteiger charge is 2.04. The van der Waals surface area contributed by atoms with Crippen LogP contribution in [-0.2, 0) is 0 Å². The summed E-state index contributed by atoms with van der Waals surface area (Å²) in [5.41, 5.74) is 8.59. The molecule has 3 rings (SSSR count). The van der Waals surface area contributed by atoms with E-state index in [4.69, 9.17) is 10.5 Å². The van der Waals surface area contributed by atoms with Crippen LogP contribution in [0.3, 0.4) is 0 Å². The van der Waals surface area contributed by atoms with Gasteiger partial charge in [-0.3, -0.25) is 4.98 Å². The molecule has 23 heavy (non-hydrogen) atoms. The van der Waals surface area contributed by atoms with E-state index in [0.717, 1.165) is 22.2 Å². The highest BCUT2D eigenvalue weighted by Crippen LogP contribution is 2.24. The van der Waals surface area contributed by atoms with Gasteiger partial charge in [-0.25, -0.2) is 9.37 Å². The van der Waals surface area contributed by atoms with Gasteiger partial charge in [0.1, 0.15) is 12.4 Å². The van der Waals surface area contributed by atoms with Crippen LogP contribution in [0, 0.1) is 0 Å². The van der Waals surface area contributed by atoms with Gasteiger partial charge in [-0.15, -0.1) is 0 Å². The fourth-order valence-electron chi connectivity index (χ4n) is 2.19. The number of aromatic nitrogens is 2. The van der Waals surface area contributed by atoms with Crippen LogP contribution in [0.25, 0.3) is 22.2 Å². The minimum Gasteiger partial charge on any atom is -0.489 e. The van der Waals surface area contributed by atoms with Gasteiger partial charge in [-0.05, 0) is 36.4 Å². The second-order valence-corrected chi connectivity index (χ2v) is 5.05. The van der Waals surface area contributed by atoms with Crippen molar-refractivity contribution in [2.45, 2.75) is 0 Å². The van der Waals surface area contributed by atoms with Crippen LogP contribution < -0.4 is 10.5 Å². The quantitative estimate of drug-likeness (QED) is 0.783. The van der Waals surface area contributed by atoms with Gasteiger partial charge in [-0.2, -0.15) is 0 Å². The van der Waals surface area contributed by atoms with Crippen LogP contribution in [0.5, 0.6) is 5.75 Å². The van der Waals surface area contributed by atoms with Crippen LogP contribution in [0.15, 0.2) is 66.8 Å². The Hall–Kier alpha value is -2.79. The molecule has 0 bridgehead atoms. The molecule has 3 aromatic rings. The molecule has 0 saturated carbocycles. The average Bonchev–Trinajstić information content (AvgIpc) is 2.63. The number of fused-ring (bicyclic) bond motifs is 1. The molecule has 0 fully saturated rings. The predicted octanol–water partition coefficient (Wildman–Crippen LogP) is 3.49. The summed E-state index contributed by atoms with van der Waals surface area (Å²) in [6.07, 6.45) is 3.97. The molecule has 2 N–H and O–H groups in total. The molecule has 0 saturated heterocycles. The van der Waals surface area contributed by atoms with Crippen molar-refractivity contribution in [3.8, 4) is 17.0 Å². The van der Waals surface area contributed by atoms with Crippen molar-refractivity contribution >= 4 is 10.9 Å². The summed E-state index contributed by atoms with van der Waals surface area (Å²) in [7, 11) is 0. The van der Waals surface area contributed by atoms with Crippen LogP contribution in [0.2, 0.25) is 0 Å². The van der Waals surface area contributed by atoms with Gasteiger partial charge in [0.05, 0.1) is 17.5 Å². The Morgan fingerprint density at radius 3 is 2.70 bits per heavy atom. The Bertz CT molecular complexity index is 834. The summed E-state index contributed by atoms with van der Waals surface area (Å²) < 4.78 is 18.0. The summed E-state index contributed by atoms with van der Waals surface area (Å²) in [4.78, 5) is 8.65. The van der Waals surface area contributed by atoms with E-state index in [-0.39, 0.29) is 13.2 Å². The Labute approximate surface area is 133 Å². The number of hydrogen-bond donors (Lipinski definition) is 1. The van der Waals surface area contributed by atoms with E-state index in [0.29, 0.717) is 17.7 Å². The van der Waals surface area contributed by atoms with Crippen molar-refractivity contribution in [1.29, 1.82) is 0 Å². The first-order valence-electron chi connectivity index (χ1n) is 7.22. The zero-order valence-corrected chi connectivity index (χ0v) is 12.4. The standard InChI is InChI=1S/C18H16FN3O/c19-10-13(11-20)12-23-16-2-4-18-15(9-16)1-3-17(22-18)14-5-7-21-8-6-14/h1-10H,11-12,20H2/b13-10-. The first-order chi connectivity index (χ1) is 11.3. The maximum atomic E-state index is 12.5. The number of nitrogens with two attached hydrogens (primary N) is 1. The van der Waals surface area contributed by atoms with E-state index >= 15 is 0 Å². The Morgan fingerprint density at radius 2 is 1.96 bits per heavy atom. The summed E-state index contributed by atoms with van der Waals surface area (Å²) in [6, 6.07) is 13.4. The van der Waals surface area contributed by atoms with Crippen molar-refractivity contribution < 1.29 is 9.13 Å². The molecule has 0 unspecified atom stereocenters. The van der Waals surface area contributed by atoms with Crippen molar-refractivity contribution in [3.63, 3.8) is 0 Å². The van der Waals surface area contributed by atoms with Crippen molar-refractivity contribution in [2.24, 2.45) is 5.73 Å². The van der Waals surface area contributed by atoms with Crippen LogP contribution in [0.1, 0.15) is 0 Å². The Morgan fingerprint density at radius 1 is 1.13 bits per heavy atom. The lowest BCUT2D eigenvalue weighted by Crippen LogP contribution is -2.10. The fourth-order valence-corrected chi connectivity index (χ4v) is 2.19. The summed E-state index contributed by atoms with van der Waals surface area (Å²) in [6.45, 7) is 0.280. The minimum absolute atomic E-state index is 0.140. The molecule has 0 spiro atoms. The molecule has 2 heterocycles. The topological polar surface area (TPSA) is 61.0 Å². The van der Waals surface area contributed by atoms with Crippen LogP contribution in [0.4, 0.5) is 4.39 Å². The van der Waals surface area contributed by atoms with E-state index in [2.05, 4.69) is 9.97 Å². The molecular weight excluding hydrogens is 293 g/mol. The molecule has 0 aliphatic heterocycles. The second-order valence-electron chi connectivity index (χ2n) is 5.05. The number of halogens is 1. The minimum atomic E-state index is 0.140. The maximum absolute atomic E-state index is 12.5. The molecule has 5 heteroatoms. The van der Waals surface area contributed by atoms with Crippen molar-refractivity contribution in [2.75, 3.05) is 13.2 Å². The third-order valence-corrected chi connectivity index (χ3v) is 3.48. The molecule has 0 aliphatic rings. The number of nitrogens with zero attached hydrogens (tertiary/aromatic N) is 2. The normalized spacial score (nSPS) is 11.7. The first-order valence-corrected chi connectivity index (χ1v) is 7.22. The smallest absolute Gasteiger partial charge is 0.120 e. The summed E-state index contributed by atoms with van der Waals surface area (Å²) in [5.74, 6) is 0.656. The van der Waals surface area contributed by atoms with Gasteiger partial charge < -0.3 is 10.5 Å².